The molecule has 1 heterocycles. The Labute approximate surface area is 101 Å². The van der Waals surface area contributed by atoms with Gasteiger partial charge in [-0.25, -0.2) is 21.0 Å². The summed E-state index contributed by atoms with van der Waals surface area (Å²) in [6.45, 7) is 7.81. The van der Waals surface area contributed by atoms with E-state index >= 15 is 0 Å². The monoisotopic (exact) mass is 231 g/mol. The Hall–Kier alpha value is -2.06. The van der Waals surface area contributed by atoms with Crippen molar-refractivity contribution in [3.8, 4) is 23.9 Å². The summed E-state index contributed by atoms with van der Waals surface area (Å²) in [5.74, 6) is 5.38. The van der Waals surface area contributed by atoms with E-state index in [1.807, 2.05) is 0 Å². The zero-order chi connectivity index (χ0) is 13.1. The van der Waals surface area contributed by atoms with Gasteiger partial charge in [0, 0.05) is 0 Å². The Bertz CT molecular complexity index is 329. The fourth-order valence-electron chi connectivity index (χ4n) is 1.19. The van der Waals surface area contributed by atoms with Gasteiger partial charge in [-0.2, -0.15) is 0 Å². The minimum absolute atomic E-state index is 0.961. The molecular weight excluding hydrogens is 217 g/mol. The van der Waals surface area contributed by atoms with Gasteiger partial charge in [0.2, 0.25) is 0 Å². The number of nitrogens with one attached hydrogen (secondary N) is 1. The second-order valence-corrected chi connectivity index (χ2v) is 3.60. The number of rotatable bonds is 1. The average molecular weight is 231 g/mol. The number of quaternary nitrogens is 1. The smallest absolute Gasteiger partial charge is 0.370 e. The Kier molecular flexibility index (Phi) is 7.15. The van der Waals surface area contributed by atoms with E-state index in [-0.39, 0.29) is 0 Å². The van der Waals surface area contributed by atoms with Crippen LogP contribution in [0.5, 0.6) is 0 Å². The fraction of sp³-hybridized carbons (Fsp3) is 0.600. The van der Waals surface area contributed by atoms with Crippen molar-refractivity contribution < 1.29 is 9.64 Å². The van der Waals surface area contributed by atoms with Crippen molar-refractivity contribution in [1.29, 1.82) is 21.0 Å². The molecular formula is C10H14BN5O. The first-order valence-electron chi connectivity index (χ1n) is 5.39. The van der Waals surface area contributed by atoms with Crippen LogP contribution in [0.3, 0.4) is 0 Å². The minimum Gasteiger partial charge on any atom is -0.370 e. The zero-order valence-electron chi connectivity index (χ0n) is 9.81. The SMILES string of the molecule is CC[NH+]1CCOCC1.N#C[B-](C#N)(C#N)C#N. The van der Waals surface area contributed by atoms with Crippen LogP contribution in [-0.4, -0.2) is 39.0 Å². The number of likely N-dealkylation sites (N-methyl/N-ethyl adjacent to an activating group) is 1. The van der Waals surface area contributed by atoms with E-state index in [0.717, 1.165) is 13.2 Å². The number of hydrogen-bond donors (Lipinski definition) is 1. The molecule has 0 bridgehead atoms. The van der Waals surface area contributed by atoms with Crippen LogP contribution in [0, 0.1) is 44.9 Å². The predicted octanol–water partition coefficient (Wildman–Crippen LogP) is -1.39. The summed E-state index contributed by atoms with van der Waals surface area (Å²) < 4.78 is 5.18. The van der Waals surface area contributed by atoms with E-state index in [0.29, 0.717) is 0 Å². The molecule has 1 N–H and O–H groups in total. The highest BCUT2D eigenvalue weighted by atomic mass is 16.5. The van der Waals surface area contributed by atoms with Gasteiger partial charge in [-0.3, -0.25) is 0 Å². The third-order valence-electron chi connectivity index (χ3n) is 2.47. The van der Waals surface area contributed by atoms with Crippen LogP contribution in [0.2, 0.25) is 0 Å². The highest BCUT2D eigenvalue weighted by Gasteiger charge is 2.22. The number of ether oxygens (including phenoxy) is 1. The standard InChI is InChI=1S/C6H13NO.C4BN4/c1-2-7-3-5-8-6-4-7;6-1-5(2-7,3-8)4-9/h2-6H2,1H3;/q;-1/p+1. The molecule has 0 aromatic carbocycles. The molecule has 1 aliphatic rings. The molecule has 17 heavy (non-hydrogen) atoms. The molecule has 1 aliphatic heterocycles. The fourth-order valence-corrected chi connectivity index (χ4v) is 1.19. The normalized spacial score (nSPS) is 15.1. The molecule has 0 atom stereocenters. The molecule has 1 saturated heterocycles. The molecule has 1 fully saturated rings. The van der Waals surface area contributed by atoms with E-state index in [4.69, 9.17) is 25.8 Å². The summed E-state index contributed by atoms with van der Waals surface area (Å²) in [5.41, 5.74) is 0. The summed E-state index contributed by atoms with van der Waals surface area (Å²) in [7, 11) is 0. The van der Waals surface area contributed by atoms with Crippen molar-refractivity contribution >= 4 is 6.15 Å². The van der Waals surface area contributed by atoms with Gasteiger partial charge >= 0.3 is 6.15 Å². The summed E-state index contributed by atoms with van der Waals surface area (Å²) in [6, 6.07) is 0. The van der Waals surface area contributed by atoms with Crippen molar-refractivity contribution in [1.82, 2.24) is 0 Å². The highest BCUT2D eigenvalue weighted by molar-refractivity contribution is 7.05. The van der Waals surface area contributed by atoms with E-state index in [1.165, 1.54) is 43.5 Å². The van der Waals surface area contributed by atoms with E-state index < -0.39 is 6.15 Å². The number of nitriles is 4. The van der Waals surface area contributed by atoms with E-state index in [1.54, 1.807) is 4.90 Å². The van der Waals surface area contributed by atoms with Crippen molar-refractivity contribution in [2.24, 2.45) is 0 Å². The number of nitrogens with zero attached hydrogens (tertiary/aromatic N) is 4. The van der Waals surface area contributed by atoms with Crippen LogP contribution in [0.4, 0.5) is 0 Å². The van der Waals surface area contributed by atoms with Gasteiger partial charge in [-0.05, 0) is 6.92 Å². The van der Waals surface area contributed by atoms with Crippen molar-refractivity contribution in [2.75, 3.05) is 32.8 Å². The topological polar surface area (TPSA) is 109 Å². The first kappa shape index (κ1) is 14.9. The summed E-state index contributed by atoms with van der Waals surface area (Å²) >= 11 is 0. The van der Waals surface area contributed by atoms with Crippen LogP contribution in [0.1, 0.15) is 6.92 Å². The van der Waals surface area contributed by atoms with Crippen LogP contribution in [-0.2, 0) is 4.74 Å². The van der Waals surface area contributed by atoms with Gasteiger partial charge in [0.15, 0.2) is 0 Å². The lowest BCUT2D eigenvalue weighted by molar-refractivity contribution is -0.906. The van der Waals surface area contributed by atoms with E-state index in [2.05, 4.69) is 6.92 Å². The first-order chi connectivity index (χ1) is 8.17. The van der Waals surface area contributed by atoms with Gasteiger partial charge in [0.1, 0.15) is 13.1 Å². The molecule has 0 saturated carbocycles. The second kappa shape index (κ2) is 8.14. The Morgan fingerprint density at radius 1 is 1.00 bits per heavy atom. The van der Waals surface area contributed by atoms with Crippen LogP contribution < -0.4 is 4.90 Å². The first-order valence-corrected chi connectivity index (χ1v) is 5.39. The third-order valence-corrected chi connectivity index (χ3v) is 2.47. The third kappa shape index (κ3) is 5.00. The molecule has 0 aliphatic carbocycles. The van der Waals surface area contributed by atoms with Crippen LogP contribution in [0.15, 0.2) is 0 Å². The van der Waals surface area contributed by atoms with Gasteiger partial charge in [0.25, 0.3) is 0 Å². The maximum Gasteiger partial charge on any atom is 0.383 e. The van der Waals surface area contributed by atoms with Crippen molar-refractivity contribution in [3.63, 3.8) is 0 Å². The number of morpholine rings is 1. The molecule has 0 radical (unpaired) electrons. The lowest BCUT2D eigenvalue weighted by atomic mass is 9.30. The molecule has 0 aromatic heterocycles. The predicted molar refractivity (Wildman–Crippen MR) is 60.3 cm³/mol. The lowest BCUT2D eigenvalue weighted by Gasteiger charge is -2.21. The average Bonchev–Trinajstić information content (AvgIpc) is 2.44. The maximum atomic E-state index is 8.09. The molecule has 0 aromatic rings. The highest BCUT2D eigenvalue weighted by Crippen LogP contribution is 1.92. The Morgan fingerprint density at radius 3 is 1.59 bits per heavy atom. The molecule has 0 unspecified atom stereocenters. The minimum atomic E-state index is -2.72. The van der Waals surface area contributed by atoms with Crippen LogP contribution >= 0.6 is 0 Å². The zero-order valence-corrected chi connectivity index (χ0v) is 9.81. The van der Waals surface area contributed by atoms with Crippen molar-refractivity contribution in [3.05, 3.63) is 0 Å². The summed E-state index contributed by atoms with van der Waals surface area (Å²) in [5, 5.41) is 32.3. The maximum absolute atomic E-state index is 8.09. The molecule has 6 nitrogen and oxygen atoms in total. The van der Waals surface area contributed by atoms with Crippen molar-refractivity contribution in [2.45, 2.75) is 6.92 Å². The number of hydrogen-bond acceptors (Lipinski definition) is 5. The lowest BCUT2D eigenvalue weighted by Crippen LogP contribution is -3.13. The largest absolute Gasteiger partial charge is 0.383 e. The Balaban J connectivity index is 0.000000302. The molecule has 0 amide bonds. The summed E-state index contributed by atoms with van der Waals surface area (Å²) in [6.07, 6.45) is -2.72. The summed E-state index contributed by atoms with van der Waals surface area (Å²) in [4.78, 5) is 1.68. The van der Waals surface area contributed by atoms with Gasteiger partial charge in [-0.15, -0.1) is 23.9 Å². The molecule has 0 spiro atoms. The van der Waals surface area contributed by atoms with Gasteiger partial charge < -0.3 is 9.64 Å². The van der Waals surface area contributed by atoms with Gasteiger partial charge in [-0.1, -0.05) is 0 Å². The molecule has 1 rings (SSSR count). The molecule has 88 valence electrons. The molecule has 7 heteroatoms. The van der Waals surface area contributed by atoms with Gasteiger partial charge in [0.05, 0.1) is 19.8 Å². The Morgan fingerprint density at radius 2 is 1.41 bits per heavy atom. The second-order valence-electron chi connectivity index (χ2n) is 3.60. The quantitative estimate of drug-likeness (QED) is 0.558. The van der Waals surface area contributed by atoms with Crippen LogP contribution in [0.25, 0.3) is 0 Å². The van der Waals surface area contributed by atoms with E-state index in [9.17, 15) is 0 Å².